The number of benzene rings is 2. The Bertz CT molecular complexity index is 989. The van der Waals surface area contributed by atoms with Crippen LogP contribution in [0.5, 0.6) is 5.75 Å². The Morgan fingerprint density at radius 1 is 1.13 bits per heavy atom. The average molecular weight is 427 g/mol. The van der Waals surface area contributed by atoms with Crippen molar-refractivity contribution in [3.8, 4) is 5.75 Å². The lowest BCUT2D eigenvalue weighted by Gasteiger charge is -2.15. The molecule has 0 saturated heterocycles. The molecule has 0 fully saturated rings. The zero-order chi connectivity index (χ0) is 22.1. The van der Waals surface area contributed by atoms with Gasteiger partial charge in [0.1, 0.15) is 11.6 Å². The van der Waals surface area contributed by atoms with E-state index in [0.717, 1.165) is 24.4 Å². The van der Waals surface area contributed by atoms with Gasteiger partial charge in [-0.3, -0.25) is 4.99 Å². The van der Waals surface area contributed by atoms with Crippen LogP contribution in [0.2, 0.25) is 0 Å². The molecular formula is C23H27F2N5O. The lowest BCUT2D eigenvalue weighted by molar-refractivity contribution is -0.0504. The SMILES string of the molecule is CN=C(NCc1cc(C)ccc1OC(F)F)NCc1nccn1CCc1ccccc1. The molecule has 2 N–H and O–H groups in total. The van der Waals surface area contributed by atoms with Crippen molar-refractivity contribution in [1.29, 1.82) is 0 Å². The summed E-state index contributed by atoms with van der Waals surface area (Å²) in [6, 6.07) is 15.4. The van der Waals surface area contributed by atoms with Gasteiger partial charge in [0.25, 0.3) is 0 Å². The molecule has 3 rings (SSSR count). The van der Waals surface area contributed by atoms with Crippen molar-refractivity contribution in [3.63, 3.8) is 0 Å². The number of aliphatic imine (C=N–C) groups is 1. The second-order valence-corrected chi connectivity index (χ2v) is 7.04. The summed E-state index contributed by atoms with van der Waals surface area (Å²) >= 11 is 0. The molecule has 0 saturated carbocycles. The van der Waals surface area contributed by atoms with Gasteiger partial charge in [-0.2, -0.15) is 8.78 Å². The molecule has 0 atom stereocenters. The highest BCUT2D eigenvalue weighted by Gasteiger charge is 2.11. The minimum absolute atomic E-state index is 0.153. The molecule has 2 aromatic carbocycles. The molecule has 0 spiro atoms. The molecule has 0 amide bonds. The van der Waals surface area contributed by atoms with Gasteiger partial charge in [0.05, 0.1) is 6.54 Å². The number of hydrogen-bond donors (Lipinski definition) is 2. The third-order valence-corrected chi connectivity index (χ3v) is 4.80. The molecule has 0 bridgehead atoms. The maximum absolute atomic E-state index is 12.7. The first-order valence-corrected chi connectivity index (χ1v) is 10.1. The molecule has 31 heavy (non-hydrogen) atoms. The van der Waals surface area contributed by atoms with Crippen molar-refractivity contribution < 1.29 is 13.5 Å². The van der Waals surface area contributed by atoms with E-state index in [4.69, 9.17) is 0 Å². The maximum atomic E-state index is 12.7. The van der Waals surface area contributed by atoms with E-state index >= 15 is 0 Å². The van der Waals surface area contributed by atoms with Gasteiger partial charge in [0, 0.05) is 38.1 Å². The molecule has 6 nitrogen and oxygen atoms in total. The lowest BCUT2D eigenvalue weighted by atomic mass is 10.1. The molecule has 0 aliphatic rings. The number of rotatable bonds is 9. The molecule has 1 aromatic heterocycles. The zero-order valence-electron chi connectivity index (χ0n) is 17.7. The Kier molecular flexibility index (Phi) is 7.98. The third kappa shape index (κ3) is 6.80. The number of imidazole rings is 1. The van der Waals surface area contributed by atoms with Crippen molar-refractivity contribution >= 4 is 5.96 Å². The second-order valence-electron chi connectivity index (χ2n) is 7.04. The number of alkyl halides is 2. The van der Waals surface area contributed by atoms with E-state index in [1.165, 1.54) is 5.56 Å². The van der Waals surface area contributed by atoms with Crippen LogP contribution in [0.25, 0.3) is 0 Å². The van der Waals surface area contributed by atoms with Crippen LogP contribution in [0.4, 0.5) is 8.78 Å². The Labute approximate surface area is 181 Å². The Morgan fingerprint density at radius 2 is 1.90 bits per heavy atom. The number of halogens is 2. The van der Waals surface area contributed by atoms with Crippen LogP contribution in [0, 0.1) is 6.92 Å². The van der Waals surface area contributed by atoms with Crippen molar-refractivity contribution in [1.82, 2.24) is 20.2 Å². The molecule has 8 heteroatoms. The highest BCUT2D eigenvalue weighted by Crippen LogP contribution is 2.22. The minimum atomic E-state index is -2.87. The molecule has 0 aliphatic carbocycles. The van der Waals surface area contributed by atoms with Gasteiger partial charge in [-0.1, -0.05) is 48.0 Å². The standard InChI is InChI=1S/C23H27F2N5O/c1-17-8-9-20(31-22(24)25)19(14-17)15-28-23(26-2)29-16-21-27-11-13-30(21)12-10-18-6-4-3-5-7-18/h3-9,11,13-14,22H,10,12,15-16H2,1-2H3,(H2,26,28,29). The van der Waals surface area contributed by atoms with E-state index in [2.05, 4.69) is 42.0 Å². The van der Waals surface area contributed by atoms with Crippen LogP contribution in [-0.2, 0) is 26.1 Å². The van der Waals surface area contributed by atoms with Crippen molar-refractivity contribution in [2.75, 3.05) is 7.05 Å². The summed E-state index contributed by atoms with van der Waals surface area (Å²) < 4.78 is 32.0. The second kappa shape index (κ2) is 11.1. The maximum Gasteiger partial charge on any atom is 0.387 e. The predicted octanol–water partition coefficient (Wildman–Crippen LogP) is 3.90. The summed E-state index contributed by atoms with van der Waals surface area (Å²) in [5.41, 5.74) is 2.86. The molecule has 164 valence electrons. The number of aryl methyl sites for hydroxylation is 3. The van der Waals surface area contributed by atoms with Crippen LogP contribution < -0.4 is 15.4 Å². The van der Waals surface area contributed by atoms with Gasteiger partial charge in [0.15, 0.2) is 5.96 Å². The molecule has 0 radical (unpaired) electrons. The highest BCUT2D eigenvalue weighted by molar-refractivity contribution is 5.79. The summed E-state index contributed by atoms with van der Waals surface area (Å²) in [6.07, 6.45) is 4.65. The lowest BCUT2D eigenvalue weighted by Crippen LogP contribution is -2.37. The fraction of sp³-hybridized carbons (Fsp3) is 0.304. The Hall–Kier alpha value is -3.42. The van der Waals surface area contributed by atoms with Crippen LogP contribution >= 0.6 is 0 Å². The first-order chi connectivity index (χ1) is 15.0. The van der Waals surface area contributed by atoms with E-state index in [-0.39, 0.29) is 5.75 Å². The van der Waals surface area contributed by atoms with Crippen molar-refractivity contribution in [2.24, 2.45) is 4.99 Å². The van der Waals surface area contributed by atoms with Gasteiger partial charge < -0.3 is 19.9 Å². The van der Waals surface area contributed by atoms with Gasteiger partial charge in [0.2, 0.25) is 0 Å². The van der Waals surface area contributed by atoms with Gasteiger partial charge in [-0.15, -0.1) is 0 Å². The molecule has 1 heterocycles. The summed E-state index contributed by atoms with van der Waals surface area (Å²) in [5.74, 6) is 1.58. The smallest absolute Gasteiger partial charge is 0.387 e. The fourth-order valence-corrected chi connectivity index (χ4v) is 3.22. The third-order valence-electron chi connectivity index (χ3n) is 4.80. The number of nitrogens with one attached hydrogen (secondary N) is 2. The normalized spacial score (nSPS) is 11.6. The largest absolute Gasteiger partial charge is 0.434 e. The van der Waals surface area contributed by atoms with E-state index < -0.39 is 6.61 Å². The number of guanidine groups is 1. The zero-order valence-corrected chi connectivity index (χ0v) is 17.7. The van der Waals surface area contributed by atoms with Crippen molar-refractivity contribution in [2.45, 2.75) is 39.6 Å². The molecule has 0 aliphatic heterocycles. The summed E-state index contributed by atoms with van der Waals surface area (Å²) in [5, 5.41) is 6.37. The summed E-state index contributed by atoms with van der Waals surface area (Å²) in [6.45, 7) is 0.637. The van der Waals surface area contributed by atoms with Gasteiger partial charge in [-0.25, -0.2) is 4.98 Å². The Morgan fingerprint density at radius 3 is 2.65 bits per heavy atom. The van der Waals surface area contributed by atoms with E-state index in [1.807, 2.05) is 37.4 Å². The van der Waals surface area contributed by atoms with E-state index in [0.29, 0.717) is 24.6 Å². The summed E-state index contributed by atoms with van der Waals surface area (Å²) in [4.78, 5) is 8.63. The summed E-state index contributed by atoms with van der Waals surface area (Å²) in [7, 11) is 1.66. The van der Waals surface area contributed by atoms with Crippen LogP contribution in [0.15, 0.2) is 65.9 Å². The highest BCUT2D eigenvalue weighted by atomic mass is 19.3. The van der Waals surface area contributed by atoms with E-state index in [1.54, 1.807) is 25.4 Å². The number of nitrogens with zero attached hydrogens (tertiary/aromatic N) is 3. The molecular weight excluding hydrogens is 400 g/mol. The first kappa shape index (κ1) is 22.3. The van der Waals surface area contributed by atoms with Crippen LogP contribution in [0.3, 0.4) is 0 Å². The number of ether oxygens (including phenoxy) is 1. The average Bonchev–Trinajstić information content (AvgIpc) is 3.22. The molecule has 3 aromatic rings. The monoisotopic (exact) mass is 427 g/mol. The van der Waals surface area contributed by atoms with Gasteiger partial charge in [-0.05, 0) is 25.0 Å². The Balaban J connectivity index is 1.55. The first-order valence-electron chi connectivity index (χ1n) is 10.1. The van der Waals surface area contributed by atoms with E-state index in [9.17, 15) is 8.78 Å². The minimum Gasteiger partial charge on any atom is -0.434 e. The quantitative estimate of drug-likeness (QED) is 0.402. The van der Waals surface area contributed by atoms with Gasteiger partial charge >= 0.3 is 6.61 Å². The van der Waals surface area contributed by atoms with Crippen LogP contribution in [0.1, 0.15) is 22.5 Å². The number of hydrogen-bond acceptors (Lipinski definition) is 3. The topological polar surface area (TPSA) is 63.5 Å². The molecule has 0 unspecified atom stereocenters. The predicted molar refractivity (Wildman–Crippen MR) is 117 cm³/mol. The fourth-order valence-electron chi connectivity index (χ4n) is 3.22. The number of aromatic nitrogens is 2. The van der Waals surface area contributed by atoms with Crippen molar-refractivity contribution in [3.05, 3.63) is 83.4 Å². The van der Waals surface area contributed by atoms with Crippen LogP contribution in [-0.4, -0.2) is 29.2 Å².